The molecule has 5 atom stereocenters. The van der Waals surface area contributed by atoms with Gasteiger partial charge < -0.3 is 25.2 Å². The number of nitrogens with one attached hydrogen (secondary N) is 2. The van der Waals surface area contributed by atoms with Gasteiger partial charge in [0.1, 0.15) is 11.9 Å². The quantitative estimate of drug-likeness (QED) is 0.545. The third-order valence-corrected chi connectivity index (χ3v) is 7.81. The largest absolute Gasteiger partial charge is 0.493 e. The van der Waals surface area contributed by atoms with E-state index in [1.807, 2.05) is 48.5 Å². The van der Waals surface area contributed by atoms with Crippen LogP contribution in [0.4, 0.5) is 0 Å². The Hall–Kier alpha value is -2.94. The summed E-state index contributed by atoms with van der Waals surface area (Å²) in [5, 5.41) is 16.8. The molecule has 4 bridgehead atoms. The Bertz CT molecular complexity index is 1160. The van der Waals surface area contributed by atoms with Gasteiger partial charge in [-0.1, -0.05) is 57.2 Å². The first-order chi connectivity index (χ1) is 18.7. The van der Waals surface area contributed by atoms with E-state index in [1.165, 1.54) is 0 Å². The van der Waals surface area contributed by atoms with Crippen molar-refractivity contribution in [2.24, 2.45) is 5.41 Å². The summed E-state index contributed by atoms with van der Waals surface area (Å²) in [4.78, 5) is 29.1. The monoisotopic (exact) mass is 535 g/mol. The Morgan fingerprint density at radius 2 is 1.82 bits per heavy atom. The molecule has 2 aromatic carbocycles. The van der Waals surface area contributed by atoms with Crippen molar-refractivity contribution >= 4 is 11.8 Å². The second-order valence-corrected chi connectivity index (χ2v) is 12.3. The molecule has 0 unspecified atom stereocenters. The fourth-order valence-corrected chi connectivity index (χ4v) is 5.93. The minimum Gasteiger partial charge on any atom is -0.493 e. The maximum atomic E-state index is 13.6. The standard InChI is InChI=1S/C31H41N3O5/c1-31(2,3)19-34-18-22-16-25(34)30(37)32-17-28-26(35)12-10-23(39-28)13-14-38-27-15-21(20-7-5-4-6-8-20)9-11-24(27)29(36)33-22/h4-9,11,15,22-23,25-26,28,35H,10,12-14,16-19H2,1-3H3,(H,32,37)(H,33,36)/t22-,23-,25-,26-,28+/m0/s1. The number of aliphatic hydroxyl groups is 1. The summed E-state index contributed by atoms with van der Waals surface area (Å²) in [6.45, 7) is 8.39. The Labute approximate surface area is 231 Å². The minimum atomic E-state index is -0.614. The maximum absolute atomic E-state index is 13.6. The van der Waals surface area contributed by atoms with Crippen molar-refractivity contribution < 1.29 is 24.2 Å². The molecule has 2 amide bonds. The maximum Gasteiger partial charge on any atom is 0.255 e. The number of hydrogen-bond acceptors (Lipinski definition) is 6. The van der Waals surface area contributed by atoms with Crippen LogP contribution in [0.15, 0.2) is 48.5 Å². The summed E-state index contributed by atoms with van der Waals surface area (Å²) in [5.74, 6) is 0.250. The molecule has 0 aromatic heterocycles. The van der Waals surface area contributed by atoms with Crippen LogP contribution in [0, 0.1) is 5.41 Å². The van der Waals surface area contributed by atoms with Crippen LogP contribution in [-0.4, -0.2) is 78.5 Å². The first-order valence-corrected chi connectivity index (χ1v) is 14.1. The Kier molecular flexibility index (Phi) is 8.26. The molecule has 0 spiro atoms. The van der Waals surface area contributed by atoms with E-state index in [0.717, 1.165) is 24.1 Å². The number of rotatable bonds is 2. The van der Waals surface area contributed by atoms with E-state index in [4.69, 9.17) is 9.47 Å². The van der Waals surface area contributed by atoms with Crippen LogP contribution in [-0.2, 0) is 9.53 Å². The second kappa shape index (κ2) is 11.7. The molecule has 3 N–H and O–H groups in total. The van der Waals surface area contributed by atoms with Gasteiger partial charge in [0.15, 0.2) is 0 Å². The van der Waals surface area contributed by atoms with Crippen molar-refractivity contribution in [1.29, 1.82) is 0 Å². The lowest BCUT2D eigenvalue weighted by molar-refractivity contribution is -0.133. The lowest BCUT2D eigenvalue weighted by atomic mass is 9.95. The van der Waals surface area contributed by atoms with Crippen LogP contribution in [0.25, 0.3) is 11.1 Å². The number of ether oxygens (including phenoxy) is 2. The number of fused-ring (bicyclic) bond motifs is 5. The van der Waals surface area contributed by atoms with Crippen molar-refractivity contribution in [1.82, 2.24) is 15.5 Å². The molecule has 2 fully saturated rings. The molecular formula is C31H41N3O5. The first-order valence-electron chi connectivity index (χ1n) is 14.1. The van der Waals surface area contributed by atoms with Crippen LogP contribution >= 0.6 is 0 Å². The van der Waals surface area contributed by atoms with Gasteiger partial charge in [-0.15, -0.1) is 0 Å². The molecule has 0 saturated carbocycles. The minimum absolute atomic E-state index is 0.0135. The van der Waals surface area contributed by atoms with E-state index in [2.05, 4.69) is 36.3 Å². The number of benzene rings is 2. The van der Waals surface area contributed by atoms with Crippen LogP contribution in [0.2, 0.25) is 0 Å². The molecule has 5 rings (SSSR count). The summed E-state index contributed by atoms with van der Waals surface area (Å²) in [7, 11) is 0. The number of carbonyl (C=O) groups excluding carboxylic acids is 2. The average molecular weight is 536 g/mol. The molecule has 3 heterocycles. The van der Waals surface area contributed by atoms with E-state index in [9.17, 15) is 14.7 Å². The SMILES string of the molecule is CC(C)(C)CN1C[C@@H]2C[C@H]1C(=O)NC[C@H]1O[C@H](CCOc3cc(-c4ccccc4)ccc3C(=O)N2)CC[C@@H]1O. The summed E-state index contributed by atoms with van der Waals surface area (Å²) in [6.07, 6.45) is 1.31. The molecule has 3 aliphatic heterocycles. The lowest BCUT2D eigenvalue weighted by Crippen LogP contribution is -2.51. The van der Waals surface area contributed by atoms with Gasteiger partial charge in [0.05, 0.1) is 30.4 Å². The van der Waals surface area contributed by atoms with Gasteiger partial charge in [0.2, 0.25) is 5.91 Å². The fourth-order valence-electron chi connectivity index (χ4n) is 5.93. The average Bonchev–Trinajstić information content (AvgIpc) is 3.28. The highest BCUT2D eigenvalue weighted by Gasteiger charge is 2.40. The summed E-state index contributed by atoms with van der Waals surface area (Å²) in [5.41, 5.74) is 2.49. The summed E-state index contributed by atoms with van der Waals surface area (Å²) >= 11 is 0. The van der Waals surface area contributed by atoms with Gasteiger partial charge in [-0.05, 0) is 47.9 Å². The molecular weight excluding hydrogens is 494 g/mol. The molecule has 3 aliphatic rings. The van der Waals surface area contributed by atoms with Gasteiger partial charge in [-0.2, -0.15) is 0 Å². The van der Waals surface area contributed by atoms with Crippen LogP contribution < -0.4 is 15.4 Å². The Balaban J connectivity index is 1.44. The number of amides is 2. The molecule has 39 heavy (non-hydrogen) atoms. The Morgan fingerprint density at radius 1 is 1.03 bits per heavy atom. The van der Waals surface area contributed by atoms with E-state index in [-0.39, 0.29) is 42.0 Å². The van der Waals surface area contributed by atoms with Crippen LogP contribution in [0.5, 0.6) is 5.75 Å². The van der Waals surface area contributed by atoms with Gasteiger partial charge >= 0.3 is 0 Å². The number of carbonyl (C=O) groups is 2. The highest BCUT2D eigenvalue weighted by Crippen LogP contribution is 2.30. The van der Waals surface area contributed by atoms with Gasteiger partial charge in [-0.25, -0.2) is 0 Å². The van der Waals surface area contributed by atoms with Gasteiger partial charge in [0, 0.05) is 32.1 Å². The summed E-state index contributed by atoms with van der Waals surface area (Å²) in [6, 6.07) is 15.2. The zero-order valence-corrected chi connectivity index (χ0v) is 23.2. The molecule has 2 aromatic rings. The van der Waals surface area contributed by atoms with Crippen molar-refractivity contribution in [2.75, 3.05) is 26.2 Å². The zero-order chi connectivity index (χ0) is 27.6. The number of likely N-dealkylation sites (tertiary alicyclic amines) is 1. The molecule has 210 valence electrons. The highest BCUT2D eigenvalue weighted by molar-refractivity contribution is 5.98. The third kappa shape index (κ3) is 6.80. The van der Waals surface area contributed by atoms with Crippen molar-refractivity contribution in [3.05, 3.63) is 54.1 Å². The van der Waals surface area contributed by atoms with E-state index >= 15 is 0 Å². The zero-order valence-electron chi connectivity index (χ0n) is 23.2. The van der Waals surface area contributed by atoms with E-state index < -0.39 is 12.2 Å². The van der Waals surface area contributed by atoms with E-state index in [1.54, 1.807) is 0 Å². The van der Waals surface area contributed by atoms with Crippen molar-refractivity contribution in [3.8, 4) is 16.9 Å². The van der Waals surface area contributed by atoms with Gasteiger partial charge in [0.25, 0.3) is 5.91 Å². The van der Waals surface area contributed by atoms with Gasteiger partial charge in [-0.3, -0.25) is 14.5 Å². The predicted octanol–water partition coefficient (Wildman–Crippen LogP) is 3.38. The molecule has 0 radical (unpaired) electrons. The second-order valence-electron chi connectivity index (χ2n) is 12.3. The molecule has 2 saturated heterocycles. The molecule has 8 heteroatoms. The normalized spacial score (nSPS) is 28.7. The fraction of sp³-hybridized carbons (Fsp3) is 0.548. The van der Waals surface area contributed by atoms with Crippen molar-refractivity contribution in [3.63, 3.8) is 0 Å². The third-order valence-electron chi connectivity index (χ3n) is 7.81. The van der Waals surface area contributed by atoms with E-state index in [0.29, 0.717) is 43.7 Å². The first kappa shape index (κ1) is 27.6. The topological polar surface area (TPSA) is 100 Å². The predicted molar refractivity (Wildman–Crippen MR) is 150 cm³/mol. The molecule has 8 nitrogen and oxygen atoms in total. The number of aliphatic hydroxyl groups excluding tert-OH is 1. The summed E-state index contributed by atoms with van der Waals surface area (Å²) < 4.78 is 12.4. The number of nitrogens with zero attached hydrogens (tertiary/aromatic N) is 1. The van der Waals surface area contributed by atoms with Crippen LogP contribution in [0.3, 0.4) is 0 Å². The van der Waals surface area contributed by atoms with Crippen LogP contribution in [0.1, 0.15) is 56.8 Å². The van der Waals surface area contributed by atoms with Crippen molar-refractivity contribution in [2.45, 2.75) is 76.9 Å². The lowest BCUT2D eigenvalue weighted by Gasteiger charge is -2.35. The Morgan fingerprint density at radius 3 is 2.59 bits per heavy atom. The molecule has 0 aliphatic carbocycles. The highest BCUT2D eigenvalue weighted by atomic mass is 16.5. The number of hydrogen-bond donors (Lipinski definition) is 3. The smallest absolute Gasteiger partial charge is 0.255 e.